The lowest BCUT2D eigenvalue weighted by Crippen LogP contribution is -2.15. The molecule has 0 fully saturated rings. The quantitative estimate of drug-likeness (QED) is 0.734. The van der Waals surface area contributed by atoms with E-state index in [1.54, 1.807) is 0 Å². The SMILES string of the molecule is CCOc1ccc(C(C)(C)C)c([C](C)C)c1. The van der Waals surface area contributed by atoms with Gasteiger partial charge in [0.1, 0.15) is 5.75 Å². The van der Waals surface area contributed by atoms with E-state index in [4.69, 9.17) is 4.74 Å². The molecule has 1 nitrogen and oxygen atoms in total. The first-order valence-electron chi connectivity index (χ1n) is 5.94. The van der Waals surface area contributed by atoms with Crippen LogP contribution in [0.25, 0.3) is 0 Å². The molecule has 0 unspecified atom stereocenters. The van der Waals surface area contributed by atoms with Crippen molar-refractivity contribution >= 4 is 0 Å². The summed E-state index contributed by atoms with van der Waals surface area (Å²) in [5.41, 5.74) is 2.88. The maximum atomic E-state index is 5.55. The third kappa shape index (κ3) is 3.01. The van der Waals surface area contributed by atoms with E-state index in [1.165, 1.54) is 17.0 Å². The molecule has 1 rings (SSSR count). The molecule has 0 aliphatic rings. The minimum Gasteiger partial charge on any atom is -0.494 e. The minimum absolute atomic E-state index is 0.178. The average Bonchev–Trinajstić information content (AvgIpc) is 2.16. The Kier molecular flexibility index (Phi) is 4.01. The molecule has 0 aliphatic carbocycles. The predicted octanol–water partition coefficient (Wildman–Crippen LogP) is 4.35. The Morgan fingerprint density at radius 2 is 1.81 bits per heavy atom. The highest BCUT2D eigenvalue weighted by Gasteiger charge is 2.19. The summed E-state index contributed by atoms with van der Waals surface area (Å²) in [6.45, 7) is 13.8. The fourth-order valence-corrected chi connectivity index (χ4v) is 1.85. The van der Waals surface area contributed by atoms with Crippen LogP contribution in [0.1, 0.15) is 52.7 Å². The molecule has 16 heavy (non-hydrogen) atoms. The van der Waals surface area contributed by atoms with Crippen molar-refractivity contribution in [1.82, 2.24) is 0 Å². The van der Waals surface area contributed by atoms with E-state index in [0.29, 0.717) is 0 Å². The second kappa shape index (κ2) is 4.90. The molecule has 1 aromatic carbocycles. The standard InChI is InChI=1S/C15H23O/c1-7-16-12-8-9-14(15(4,5)6)13(10-12)11(2)3/h8-10H,7H2,1-6H3. The maximum absolute atomic E-state index is 5.55. The normalized spacial score (nSPS) is 11.9. The van der Waals surface area contributed by atoms with Gasteiger partial charge in [-0.05, 0) is 41.5 Å². The lowest BCUT2D eigenvalue weighted by molar-refractivity contribution is 0.339. The molecule has 1 aromatic rings. The fourth-order valence-electron chi connectivity index (χ4n) is 1.85. The zero-order valence-electron chi connectivity index (χ0n) is 11.3. The molecule has 0 aliphatic heterocycles. The van der Waals surface area contributed by atoms with E-state index < -0.39 is 0 Å². The van der Waals surface area contributed by atoms with Crippen molar-refractivity contribution in [2.75, 3.05) is 6.61 Å². The highest BCUT2D eigenvalue weighted by Crippen LogP contribution is 2.32. The Morgan fingerprint density at radius 3 is 2.25 bits per heavy atom. The largest absolute Gasteiger partial charge is 0.494 e. The van der Waals surface area contributed by atoms with Crippen LogP contribution in [0.4, 0.5) is 0 Å². The van der Waals surface area contributed by atoms with E-state index in [9.17, 15) is 0 Å². The zero-order chi connectivity index (χ0) is 12.3. The fraction of sp³-hybridized carbons (Fsp3) is 0.533. The van der Waals surface area contributed by atoms with Crippen LogP contribution in [0, 0.1) is 5.92 Å². The van der Waals surface area contributed by atoms with Crippen molar-refractivity contribution in [2.45, 2.75) is 47.0 Å². The molecule has 1 heteroatoms. The first-order chi connectivity index (χ1) is 7.36. The summed E-state index contributed by atoms with van der Waals surface area (Å²) in [6.07, 6.45) is 0. The highest BCUT2D eigenvalue weighted by atomic mass is 16.5. The molecule has 0 saturated carbocycles. The summed E-state index contributed by atoms with van der Waals surface area (Å²) in [5, 5.41) is 0. The van der Waals surface area contributed by atoms with Crippen LogP contribution < -0.4 is 4.74 Å². The lowest BCUT2D eigenvalue weighted by Gasteiger charge is -2.25. The Balaban J connectivity index is 3.20. The van der Waals surface area contributed by atoms with Crippen LogP contribution >= 0.6 is 0 Å². The van der Waals surface area contributed by atoms with Gasteiger partial charge in [0.25, 0.3) is 0 Å². The van der Waals surface area contributed by atoms with Gasteiger partial charge in [0.15, 0.2) is 0 Å². The average molecular weight is 219 g/mol. The Labute approximate surface area is 99.8 Å². The summed E-state index contributed by atoms with van der Waals surface area (Å²) in [6, 6.07) is 6.41. The Bertz CT molecular complexity index is 345. The minimum atomic E-state index is 0.178. The van der Waals surface area contributed by atoms with Crippen LogP contribution in [-0.2, 0) is 5.41 Å². The Morgan fingerprint density at radius 1 is 1.19 bits per heavy atom. The molecule has 0 N–H and O–H groups in total. The number of hydrogen-bond donors (Lipinski definition) is 0. The first-order valence-corrected chi connectivity index (χ1v) is 5.94. The van der Waals surface area contributed by atoms with Crippen molar-refractivity contribution in [3.8, 4) is 5.75 Å². The second-order valence-corrected chi connectivity index (χ2v) is 5.39. The molecule has 0 heterocycles. The summed E-state index contributed by atoms with van der Waals surface area (Å²) < 4.78 is 5.55. The van der Waals surface area contributed by atoms with Gasteiger partial charge in [0, 0.05) is 0 Å². The monoisotopic (exact) mass is 219 g/mol. The predicted molar refractivity (Wildman–Crippen MR) is 70.0 cm³/mol. The molecule has 0 saturated heterocycles. The van der Waals surface area contributed by atoms with E-state index in [-0.39, 0.29) is 5.41 Å². The van der Waals surface area contributed by atoms with Crippen LogP contribution in [0.5, 0.6) is 5.75 Å². The van der Waals surface area contributed by atoms with E-state index in [0.717, 1.165) is 12.4 Å². The molecule has 1 radical (unpaired) electrons. The van der Waals surface area contributed by atoms with E-state index in [2.05, 4.69) is 52.8 Å². The van der Waals surface area contributed by atoms with Gasteiger partial charge in [-0.3, -0.25) is 0 Å². The van der Waals surface area contributed by atoms with Gasteiger partial charge < -0.3 is 4.74 Å². The number of benzene rings is 1. The van der Waals surface area contributed by atoms with Crippen LogP contribution in [0.3, 0.4) is 0 Å². The van der Waals surface area contributed by atoms with Gasteiger partial charge in [-0.2, -0.15) is 0 Å². The van der Waals surface area contributed by atoms with Crippen molar-refractivity contribution in [3.63, 3.8) is 0 Å². The second-order valence-electron chi connectivity index (χ2n) is 5.39. The number of hydrogen-bond acceptors (Lipinski definition) is 1. The molecule has 0 atom stereocenters. The van der Waals surface area contributed by atoms with Gasteiger partial charge in [-0.1, -0.05) is 40.7 Å². The maximum Gasteiger partial charge on any atom is 0.119 e. The highest BCUT2D eigenvalue weighted by molar-refractivity contribution is 5.45. The van der Waals surface area contributed by atoms with Crippen molar-refractivity contribution < 1.29 is 4.74 Å². The summed E-state index contributed by atoms with van der Waals surface area (Å²) in [7, 11) is 0. The topological polar surface area (TPSA) is 9.23 Å². The van der Waals surface area contributed by atoms with Crippen molar-refractivity contribution in [3.05, 3.63) is 35.2 Å². The number of ether oxygens (including phenoxy) is 1. The molecule has 0 spiro atoms. The molecule has 0 bridgehead atoms. The molecule has 0 aromatic heterocycles. The molecular formula is C15H23O. The smallest absolute Gasteiger partial charge is 0.119 e. The lowest BCUT2D eigenvalue weighted by atomic mass is 9.81. The number of rotatable bonds is 3. The van der Waals surface area contributed by atoms with Crippen molar-refractivity contribution in [2.24, 2.45) is 0 Å². The van der Waals surface area contributed by atoms with Crippen LogP contribution in [0.2, 0.25) is 0 Å². The van der Waals surface area contributed by atoms with Gasteiger partial charge in [-0.25, -0.2) is 0 Å². The third-order valence-electron chi connectivity index (χ3n) is 2.65. The first kappa shape index (κ1) is 13.1. The van der Waals surface area contributed by atoms with Gasteiger partial charge >= 0.3 is 0 Å². The van der Waals surface area contributed by atoms with Crippen molar-refractivity contribution in [1.29, 1.82) is 0 Å². The van der Waals surface area contributed by atoms with Gasteiger partial charge in [0.05, 0.1) is 6.61 Å². The van der Waals surface area contributed by atoms with Crippen LogP contribution in [-0.4, -0.2) is 6.61 Å². The summed E-state index contributed by atoms with van der Waals surface area (Å²) >= 11 is 0. The van der Waals surface area contributed by atoms with E-state index in [1.807, 2.05) is 6.92 Å². The Hall–Kier alpha value is -0.980. The van der Waals surface area contributed by atoms with Gasteiger partial charge in [-0.15, -0.1) is 0 Å². The third-order valence-corrected chi connectivity index (χ3v) is 2.65. The summed E-state index contributed by atoms with van der Waals surface area (Å²) in [4.78, 5) is 0. The zero-order valence-corrected chi connectivity index (χ0v) is 11.3. The molecular weight excluding hydrogens is 196 g/mol. The van der Waals surface area contributed by atoms with Gasteiger partial charge in [0.2, 0.25) is 0 Å². The van der Waals surface area contributed by atoms with Crippen LogP contribution in [0.15, 0.2) is 18.2 Å². The summed E-state index contributed by atoms with van der Waals surface area (Å²) in [5.74, 6) is 2.30. The molecule has 0 amide bonds. The van der Waals surface area contributed by atoms with E-state index >= 15 is 0 Å². The molecule has 89 valence electrons.